The van der Waals surface area contributed by atoms with Crippen LogP contribution in [0.5, 0.6) is 0 Å². The fourth-order valence-electron chi connectivity index (χ4n) is 2.45. The number of nitrogens with one attached hydrogen (secondary N) is 1. The Balaban J connectivity index is 2.85. The molecule has 0 fully saturated rings. The molecule has 1 N–H and O–H groups in total. The molecule has 0 aliphatic rings. The topological polar surface area (TPSA) is 12.0 Å². The van der Waals surface area contributed by atoms with Crippen molar-refractivity contribution in [3.05, 3.63) is 35.6 Å². The second kappa shape index (κ2) is 7.31. The Morgan fingerprint density at radius 2 is 1.95 bits per heavy atom. The molecule has 0 heterocycles. The minimum absolute atomic E-state index is 0.0433. The first kappa shape index (κ1) is 15.7. The number of likely N-dealkylation sites (N-methyl/N-ethyl adjacent to an activating group) is 1. The molecule has 104 valence electrons. The molecular weight excluding hydrogens is 237 g/mol. The zero-order valence-corrected chi connectivity index (χ0v) is 12.2. The Morgan fingerprint density at radius 3 is 2.47 bits per heavy atom. The maximum atomic E-state index is 13.0. The summed E-state index contributed by atoms with van der Waals surface area (Å²) in [4.78, 5) is 0. The van der Waals surface area contributed by atoms with Crippen LogP contribution in [-0.2, 0) is 5.41 Å². The summed E-state index contributed by atoms with van der Waals surface area (Å²) in [7, 11) is 0. The van der Waals surface area contributed by atoms with Gasteiger partial charge in [-0.25, -0.2) is 4.39 Å². The van der Waals surface area contributed by atoms with Gasteiger partial charge in [0.2, 0.25) is 0 Å². The Kier molecular flexibility index (Phi) is 6.05. The van der Waals surface area contributed by atoms with E-state index >= 15 is 0 Å². The summed E-state index contributed by atoms with van der Waals surface area (Å²) in [5, 5.41) is 3.53. The molecule has 2 heteroatoms. The monoisotopic (exact) mass is 261 g/mol. The molecule has 1 aromatic rings. The van der Waals surface area contributed by atoms with Gasteiger partial charge in [0.05, 0.1) is 0 Å². The van der Waals surface area contributed by atoms with E-state index in [1.165, 1.54) is 12.1 Å². The van der Waals surface area contributed by atoms with E-state index in [1.807, 2.05) is 12.1 Å². The molecule has 0 aliphatic carbocycles. The number of hydrogen-bond acceptors (Lipinski definition) is 1. The van der Waals surface area contributed by atoms with Crippen LogP contribution in [0.4, 0.5) is 4.39 Å². The van der Waals surface area contributed by atoms with Gasteiger partial charge in [0.1, 0.15) is 5.82 Å². The Hall–Kier alpha value is -1.33. The summed E-state index contributed by atoms with van der Waals surface area (Å²) in [6, 6.07) is 7.15. The molecule has 1 atom stereocenters. The van der Waals surface area contributed by atoms with Crippen molar-refractivity contribution in [2.75, 3.05) is 6.54 Å². The van der Waals surface area contributed by atoms with Crippen molar-refractivity contribution in [1.29, 1.82) is 0 Å². The maximum Gasteiger partial charge on any atom is 0.123 e. The summed E-state index contributed by atoms with van der Waals surface area (Å²) < 4.78 is 13.0. The van der Waals surface area contributed by atoms with Gasteiger partial charge in [-0.2, -0.15) is 0 Å². The van der Waals surface area contributed by atoms with Gasteiger partial charge in [0.25, 0.3) is 0 Å². The van der Waals surface area contributed by atoms with E-state index in [0.717, 1.165) is 31.4 Å². The largest absolute Gasteiger partial charge is 0.313 e. The highest BCUT2D eigenvalue weighted by Gasteiger charge is 2.30. The minimum Gasteiger partial charge on any atom is -0.313 e. The third kappa shape index (κ3) is 4.36. The van der Waals surface area contributed by atoms with Gasteiger partial charge in [-0.1, -0.05) is 32.9 Å². The van der Waals surface area contributed by atoms with Crippen molar-refractivity contribution in [1.82, 2.24) is 5.32 Å². The van der Waals surface area contributed by atoms with Crippen LogP contribution >= 0.6 is 0 Å². The first-order chi connectivity index (χ1) is 9.02. The quantitative estimate of drug-likeness (QED) is 0.580. The molecule has 0 amide bonds. The molecule has 0 bridgehead atoms. The first-order valence-corrected chi connectivity index (χ1v) is 6.95. The third-order valence-electron chi connectivity index (χ3n) is 3.72. The first-order valence-electron chi connectivity index (χ1n) is 6.95. The van der Waals surface area contributed by atoms with Crippen LogP contribution in [0.25, 0.3) is 0 Å². The lowest BCUT2D eigenvalue weighted by Crippen LogP contribution is -2.44. The maximum absolute atomic E-state index is 13.0. The molecule has 0 aliphatic heterocycles. The van der Waals surface area contributed by atoms with E-state index in [2.05, 4.69) is 32.0 Å². The molecule has 1 aromatic carbocycles. The van der Waals surface area contributed by atoms with Crippen LogP contribution in [0.2, 0.25) is 0 Å². The fourth-order valence-corrected chi connectivity index (χ4v) is 2.45. The van der Waals surface area contributed by atoms with Crippen LogP contribution in [0.15, 0.2) is 24.3 Å². The van der Waals surface area contributed by atoms with Gasteiger partial charge in [-0.15, -0.1) is 12.3 Å². The van der Waals surface area contributed by atoms with Gasteiger partial charge in [0, 0.05) is 17.9 Å². The van der Waals surface area contributed by atoms with Crippen LogP contribution in [0, 0.1) is 18.2 Å². The Morgan fingerprint density at radius 1 is 1.32 bits per heavy atom. The van der Waals surface area contributed by atoms with Crippen molar-refractivity contribution in [3.8, 4) is 12.3 Å². The highest BCUT2D eigenvalue weighted by Crippen LogP contribution is 2.30. The predicted molar refractivity (Wildman–Crippen MR) is 79.6 cm³/mol. The second-order valence-corrected chi connectivity index (χ2v) is 5.44. The van der Waals surface area contributed by atoms with Gasteiger partial charge in [0.15, 0.2) is 0 Å². The van der Waals surface area contributed by atoms with E-state index in [4.69, 9.17) is 6.42 Å². The lowest BCUT2D eigenvalue weighted by molar-refractivity contribution is 0.322. The van der Waals surface area contributed by atoms with Crippen molar-refractivity contribution in [3.63, 3.8) is 0 Å². The van der Waals surface area contributed by atoms with E-state index < -0.39 is 0 Å². The molecule has 1 unspecified atom stereocenters. The molecular formula is C17H24FN. The molecule has 0 saturated carbocycles. The number of terminal acetylenes is 1. The summed E-state index contributed by atoms with van der Waals surface area (Å²) in [5.74, 6) is 2.50. The smallest absolute Gasteiger partial charge is 0.123 e. The summed E-state index contributed by atoms with van der Waals surface area (Å²) in [6.07, 6.45) is 8.16. The average Bonchev–Trinajstić information content (AvgIpc) is 2.38. The van der Waals surface area contributed by atoms with E-state index in [0.29, 0.717) is 6.04 Å². The van der Waals surface area contributed by atoms with Crippen LogP contribution < -0.4 is 5.32 Å². The van der Waals surface area contributed by atoms with Crippen molar-refractivity contribution < 1.29 is 4.39 Å². The van der Waals surface area contributed by atoms with Gasteiger partial charge in [-0.3, -0.25) is 0 Å². The lowest BCUT2D eigenvalue weighted by atomic mass is 9.76. The number of unbranched alkanes of at least 4 members (excludes halogenated alkanes) is 1. The zero-order chi connectivity index (χ0) is 14.3. The molecule has 1 nitrogen and oxygen atoms in total. The van der Waals surface area contributed by atoms with E-state index in [9.17, 15) is 4.39 Å². The fraction of sp³-hybridized carbons (Fsp3) is 0.529. The standard InChI is InChI=1S/C17H24FN/c1-5-7-8-9-16(19-6-2)17(3,4)14-10-12-15(18)13-11-14/h1,10-13,16,19H,6-9H2,2-4H3. The highest BCUT2D eigenvalue weighted by atomic mass is 19.1. The molecule has 0 spiro atoms. The van der Waals surface area contributed by atoms with Gasteiger partial charge < -0.3 is 5.32 Å². The average molecular weight is 261 g/mol. The summed E-state index contributed by atoms with van der Waals surface area (Å²) >= 11 is 0. The molecule has 0 radical (unpaired) electrons. The Bertz CT molecular complexity index is 414. The molecule has 0 aromatic heterocycles. The van der Waals surface area contributed by atoms with E-state index in [1.54, 1.807) is 0 Å². The second-order valence-electron chi connectivity index (χ2n) is 5.44. The summed E-state index contributed by atoms with van der Waals surface area (Å²) in [5.41, 5.74) is 1.11. The van der Waals surface area contributed by atoms with E-state index in [-0.39, 0.29) is 11.2 Å². The van der Waals surface area contributed by atoms with Gasteiger partial charge >= 0.3 is 0 Å². The lowest BCUT2D eigenvalue weighted by Gasteiger charge is -2.35. The van der Waals surface area contributed by atoms with Crippen molar-refractivity contribution in [2.24, 2.45) is 0 Å². The molecule has 19 heavy (non-hydrogen) atoms. The molecule has 0 saturated heterocycles. The van der Waals surface area contributed by atoms with Crippen LogP contribution in [-0.4, -0.2) is 12.6 Å². The highest BCUT2D eigenvalue weighted by molar-refractivity contribution is 5.26. The SMILES string of the molecule is C#CCCCC(NCC)C(C)(C)c1ccc(F)cc1. The van der Waals surface area contributed by atoms with Crippen LogP contribution in [0.3, 0.4) is 0 Å². The normalized spacial score (nSPS) is 13.0. The number of hydrogen-bond donors (Lipinski definition) is 1. The Labute approximate surface area is 116 Å². The van der Waals surface area contributed by atoms with Crippen molar-refractivity contribution >= 4 is 0 Å². The summed E-state index contributed by atoms with van der Waals surface area (Å²) in [6.45, 7) is 7.42. The number of benzene rings is 1. The van der Waals surface area contributed by atoms with Crippen molar-refractivity contribution in [2.45, 2.75) is 51.5 Å². The minimum atomic E-state index is -0.188. The van der Waals surface area contributed by atoms with Crippen LogP contribution in [0.1, 0.15) is 45.6 Å². The number of halogens is 1. The predicted octanol–water partition coefficient (Wildman–Crippen LogP) is 3.88. The van der Waals surface area contributed by atoms with Gasteiger partial charge in [-0.05, 0) is 37.1 Å². The zero-order valence-electron chi connectivity index (χ0n) is 12.2. The third-order valence-corrected chi connectivity index (χ3v) is 3.72. The number of rotatable bonds is 7. The molecule has 1 rings (SSSR count).